The largest absolute Gasteiger partial charge is 0.465 e. The van der Waals surface area contributed by atoms with E-state index in [-0.39, 0.29) is 32.0 Å². The van der Waals surface area contributed by atoms with E-state index in [0.29, 0.717) is 38.9 Å². The van der Waals surface area contributed by atoms with Crippen LogP contribution in [0.4, 0.5) is 0 Å². The summed E-state index contributed by atoms with van der Waals surface area (Å²) in [6.45, 7) is 16.8. The highest BCUT2D eigenvalue weighted by Gasteiger charge is 2.34. The third kappa shape index (κ3) is 36.2. The van der Waals surface area contributed by atoms with Crippen LogP contribution in [0.25, 0.3) is 0 Å². The standard InChI is InChI=1S/C50H93NO8/c1-7-13-16-19-22-23-24-25-26-27-28-29-32-36-46(45(50(54)57-41-10-4)44-58-47(52)37-35-40-51(11-5)12-6)59-48(53)38-39-49(55-42-33-30-20-17-14-8-2)56-43-34-31-21-18-15-9-3/h22-23,25-26,45-46,49H,7-21,24,27-44H2,1-6H3/b23-22-,26-25-. The van der Waals surface area contributed by atoms with Gasteiger partial charge in [-0.05, 0) is 90.3 Å². The number of esters is 3. The summed E-state index contributed by atoms with van der Waals surface area (Å²) in [5, 5.41) is 0. The van der Waals surface area contributed by atoms with Gasteiger partial charge in [-0.15, -0.1) is 0 Å². The van der Waals surface area contributed by atoms with Crippen LogP contribution in [0.1, 0.15) is 215 Å². The number of hydrogen-bond acceptors (Lipinski definition) is 9. The van der Waals surface area contributed by atoms with Gasteiger partial charge in [0.1, 0.15) is 18.6 Å². The summed E-state index contributed by atoms with van der Waals surface area (Å²) in [6.07, 6.45) is 33.9. The molecule has 0 radical (unpaired) electrons. The molecule has 0 bridgehead atoms. The number of unbranched alkanes of at least 4 members (excludes halogenated alkanes) is 16. The Bertz CT molecular complexity index is 995. The van der Waals surface area contributed by atoms with E-state index in [1.54, 1.807) is 0 Å². The maximum Gasteiger partial charge on any atom is 0.316 e. The van der Waals surface area contributed by atoms with Crippen molar-refractivity contribution in [3.05, 3.63) is 24.3 Å². The van der Waals surface area contributed by atoms with Gasteiger partial charge < -0.3 is 28.6 Å². The van der Waals surface area contributed by atoms with E-state index in [9.17, 15) is 14.4 Å². The first-order valence-electron chi connectivity index (χ1n) is 24.6. The third-order valence-corrected chi connectivity index (χ3v) is 10.8. The number of rotatable bonds is 44. The lowest BCUT2D eigenvalue weighted by molar-refractivity contribution is -0.172. The molecule has 0 aromatic carbocycles. The number of nitrogens with zero attached hydrogens (tertiary/aromatic N) is 1. The molecule has 0 aliphatic heterocycles. The van der Waals surface area contributed by atoms with Crippen molar-refractivity contribution in [1.29, 1.82) is 0 Å². The van der Waals surface area contributed by atoms with Gasteiger partial charge in [-0.2, -0.15) is 0 Å². The van der Waals surface area contributed by atoms with Crippen LogP contribution in [0.5, 0.6) is 0 Å². The van der Waals surface area contributed by atoms with Crippen LogP contribution in [0.3, 0.4) is 0 Å². The highest BCUT2D eigenvalue weighted by molar-refractivity contribution is 5.76. The second-order valence-corrected chi connectivity index (χ2v) is 16.2. The zero-order valence-corrected chi connectivity index (χ0v) is 39.3. The van der Waals surface area contributed by atoms with E-state index in [2.05, 4.69) is 63.8 Å². The van der Waals surface area contributed by atoms with Crippen molar-refractivity contribution in [1.82, 2.24) is 4.90 Å². The second-order valence-electron chi connectivity index (χ2n) is 16.2. The lowest BCUT2D eigenvalue weighted by Gasteiger charge is -2.26. The highest BCUT2D eigenvalue weighted by atomic mass is 16.7. The summed E-state index contributed by atoms with van der Waals surface area (Å²) in [4.78, 5) is 42.2. The Kier molecular flexibility index (Phi) is 42.2. The van der Waals surface area contributed by atoms with Gasteiger partial charge in [0.25, 0.3) is 0 Å². The number of carbonyl (C=O) groups is 3. The van der Waals surface area contributed by atoms with Gasteiger partial charge in [0.15, 0.2) is 6.29 Å². The Morgan fingerprint density at radius 2 is 1.05 bits per heavy atom. The van der Waals surface area contributed by atoms with Crippen LogP contribution in [0.2, 0.25) is 0 Å². The minimum absolute atomic E-state index is 0.105. The zero-order chi connectivity index (χ0) is 43.4. The van der Waals surface area contributed by atoms with Crippen LogP contribution < -0.4 is 0 Å². The first kappa shape index (κ1) is 56.8. The molecule has 2 atom stereocenters. The average molecular weight is 836 g/mol. The molecule has 0 N–H and O–H groups in total. The molecular formula is C50H93NO8. The van der Waals surface area contributed by atoms with Crippen molar-refractivity contribution in [2.75, 3.05) is 46.1 Å². The van der Waals surface area contributed by atoms with Crippen molar-refractivity contribution in [3.63, 3.8) is 0 Å². The fourth-order valence-corrected chi connectivity index (χ4v) is 6.90. The smallest absolute Gasteiger partial charge is 0.316 e. The van der Waals surface area contributed by atoms with E-state index < -0.39 is 30.3 Å². The normalized spacial score (nSPS) is 12.9. The molecule has 0 amide bonds. The summed E-state index contributed by atoms with van der Waals surface area (Å²) in [5.41, 5.74) is 0. The van der Waals surface area contributed by atoms with Crippen molar-refractivity contribution >= 4 is 17.9 Å². The molecule has 9 nitrogen and oxygen atoms in total. The molecule has 0 aliphatic carbocycles. The Morgan fingerprint density at radius 1 is 0.508 bits per heavy atom. The fraction of sp³-hybridized carbons (Fsp3) is 0.860. The topological polar surface area (TPSA) is 101 Å². The quantitative estimate of drug-likeness (QED) is 0.0195. The van der Waals surface area contributed by atoms with Gasteiger partial charge in [-0.3, -0.25) is 14.4 Å². The molecule has 0 spiro atoms. The van der Waals surface area contributed by atoms with Gasteiger partial charge in [-0.1, -0.05) is 149 Å². The monoisotopic (exact) mass is 836 g/mol. The third-order valence-electron chi connectivity index (χ3n) is 10.8. The van der Waals surface area contributed by atoms with E-state index in [1.807, 2.05) is 6.92 Å². The predicted octanol–water partition coefficient (Wildman–Crippen LogP) is 13.0. The van der Waals surface area contributed by atoms with Crippen LogP contribution in [-0.2, 0) is 38.1 Å². The molecule has 0 aliphatic rings. The lowest BCUT2D eigenvalue weighted by atomic mass is 9.97. The average Bonchev–Trinajstić information content (AvgIpc) is 3.24. The van der Waals surface area contributed by atoms with Crippen LogP contribution in [0, 0.1) is 5.92 Å². The van der Waals surface area contributed by atoms with Crippen LogP contribution >= 0.6 is 0 Å². The summed E-state index contributed by atoms with van der Waals surface area (Å²) < 4.78 is 29.8. The maximum atomic E-state index is 13.6. The van der Waals surface area contributed by atoms with Gasteiger partial charge in [0.05, 0.1) is 13.0 Å². The summed E-state index contributed by atoms with van der Waals surface area (Å²) in [7, 11) is 0. The highest BCUT2D eigenvalue weighted by Crippen LogP contribution is 2.22. The molecule has 0 saturated carbocycles. The minimum Gasteiger partial charge on any atom is -0.465 e. The first-order valence-corrected chi connectivity index (χ1v) is 24.6. The van der Waals surface area contributed by atoms with Crippen molar-refractivity contribution < 1.29 is 38.1 Å². The van der Waals surface area contributed by atoms with E-state index >= 15 is 0 Å². The zero-order valence-electron chi connectivity index (χ0n) is 39.3. The van der Waals surface area contributed by atoms with E-state index in [4.69, 9.17) is 23.7 Å². The molecule has 0 rings (SSSR count). The van der Waals surface area contributed by atoms with E-state index in [0.717, 1.165) is 83.8 Å². The van der Waals surface area contributed by atoms with Gasteiger partial charge in [0, 0.05) is 26.1 Å². The van der Waals surface area contributed by atoms with Crippen LogP contribution in [0.15, 0.2) is 24.3 Å². The number of ether oxygens (including phenoxy) is 5. The summed E-state index contributed by atoms with van der Waals surface area (Å²) in [6, 6.07) is 0. The molecule has 9 heteroatoms. The van der Waals surface area contributed by atoms with Crippen molar-refractivity contribution in [2.45, 2.75) is 227 Å². The number of allylic oxidation sites excluding steroid dienone is 4. The van der Waals surface area contributed by atoms with E-state index in [1.165, 1.54) is 70.6 Å². The molecule has 0 heterocycles. The Morgan fingerprint density at radius 3 is 1.63 bits per heavy atom. The molecule has 0 fully saturated rings. The Balaban J connectivity index is 5.61. The SMILES string of the molecule is CCCCC/C=C\C/C=C\CCCCCC(OC(=O)CCC(OCCCCCCCC)OCCCCCCCC)C(COC(=O)CCCN(CC)CC)C(=O)OCCC. The second kappa shape index (κ2) is 43.8. The Labute approximate surface area is 363 Å². The van der Waals surface area contributed by atoms with Crippen molar-refractivity contribution in [3.8, 4) is 0 Å². The fourth-order valence-electron chi connectivity index (χ4n) is 6.90. The lowest BCUT2D eigenvalue weighted by Crippen LogP contribution is -2.38. The minimum atomic E-state index is -0.898. The summed E-state index contributed by atoms with van der Waals surface area (Å²) in [5.74, 6) is -2.15. The van der Waals surface area contributed by atoms with Gasteiger partial charge in [0.2, 0.25) is 0 Å². The predicted molar refractivity (Wildman–Crippen MR) is 244 cm³/mol. The molecule has 59 heavy (non-hydrogen) atoms. The maximum absolute atomic E-state index is 13.6. The number of carbonyl (C=O) groups excluding carboxylic acids is 3. The molecular weight excluding hydrogens is 743 g/mol. The molecule has 0 aromatic heterocycles. The van der Waals surface area contributed by atoms with Crippen LogP contribution in [-0.4, -0.2) is 81.3 Å². The molecule has 346 valence electrons. The van der Waals surface area contributed by atoms with Gasteiger partial charge in [-0.25, -0.2) is 0 Å². The number of hydrogen-bond donors (Lipinski definition) is 0. The summed E-state index contributed by atoms with van der Waals surface area (Å²) >= 11 is 0. The van der Waals surface area contributed by atoms with Crippen molar-refractivity contribution in [2.24, 2.45) is 5.92 Å². The Hall–Kier alpha value is -2.23. The molecule has 0 saturated heterocycles. The molecule has 2 unspecified atom stereocenters. The van der Waals surface area contributed by atoms with Gasteiger partial charge >= 0.3 is 17.9 Å². The first-order chi connectivity index (χ1) is 28.9. The molecule has 0 aromatic rings.